The van der Waals surface area contributed by atoms with E-state index in [9.17, 15) is 9.90 Å². The van der Waals surface area contributed by atoms with Gasteiger partial charge in [0.1, 0.15) is 12.4 Å². The number of ether oxygens (including phenoxy) is 1. The Hall–Kier alpha value is -4.33. The van der Waals surface area contributed by atoms with E-state index in [1.807, 2.05) is 78.2 Å². The summed E-state index contributed by atoms with van der Waals surface area (Å²) in [6, 6.07) is 30.6. The van der Waals surface area contributed by atoms with Crippen LogP contribution in [0.4, 0.5) is 0 Å². The largest absolute Gasteiger partial charge is 0.489 e. The zero-order chi connectivity index (χ0) is 25.5. The number of nitrogens with one attached hydrogen (secondary N) is 1. The lowest BCUT2D eigenvalue weighted by Gasteiger charge is -2.18. The molecule has 1 unspecified atom stereocenters. The first-order valence-electron chi connectivity index (χ1n) is 11.8. The molecule has 0 amide bonds. The lowest BCUT2D eigenvalue weighted by molar-refractivity contribution is 0.0696. The zero-order valence-corrected chi connectivity index (χ0v) is 20.8. The Balaban J connectivity index is 1.33. The molecule has 2 heterocycles. The fourth-order valence-corrected chi connectivity index (χ4v) is 4.77. The Labute approximate surface area is 219 Å². The van der Waals surface area contributed by atoms with Gasteiger partial charge in [-0.3, -0.25) is 0 Å². The lowest BCUT2D eigenvalue weighted by Crippen LogP contribution is -2.22. The van der Waals surface area contributed by atoms with E-state index in [1.54, 1.807) is 35.7 Å². The number of carboxylic acids is 1. The molecule has 184 valence electrons. The average Bonchev–Trinajstić information content (AvgIpc) is 3.48. The Morgan fingerprint density at radius 1 is 0.919 bits per heavy atom. The van der Waals surface area contributed by atoms with Gasteiger partial charge in [-0.15, -0.1) is 11.3 Å². The third-order valence-electron chi connectivity index (χ3n) is 5.85. The smallest absolute Gasteiger partial charge is 0.335 e. The molecule has 7 heteroatoms. The second-order valence-corrected chi connectivity index (χ2v) is 9.42. The van der Waals surface area contributed by atoms with Crippen molar-refractivity contribution in [3.63, 3.8) is 0 Å². The van der Waals surface area contributed by atoms with Crippen molar-refractivity contribution in [2.24, 2.45) is 0 Å². The molecule has 0 bridgehead atoms. The van der Waals surface area contributed by atoms with E-state index < -0.39 is 5.97 Å². The van der Waals surface area contributed by atoms with E-state index in [0.29, 0.717) is 19.0 Å². The minimum Gasteiger partial charge on any atom is -0.489 e. The summed E-state index contributed by atoms with van der Waals surface area (Å²) in [5.74, 6) is 0.474. The van der Waals surface area contributed by atoms with Crippen LogP contribution in [0.25, 0.3) is 11.4 Å². The maximum Gasteiger partial charge on any atom is 0.335 e. The molecule has 0 saturated carbocycles. The minimum atomic E-state index is -0.936. The highest BCUT2D eigenvalue weighted by atomic mass is 32.1. The van der Waals surface area contributed by atoms with Crippen molar-refractivity contribution < 1.29 is 14.6 Å². The summed E-state index contributed by atoms with van der Waals surface area (Å²) in [4.78, 5) is 21.8. The molecule has 37 heavy (non-hydrogen) atoms. The van der Waals surface area contributed by atoms with E-state index in [1.165, 1.54) is 0 Å². The standard InChI is InChI=1S/C30H25N3O3S/c34-30(35)24-9-4-8-22(18-24)19-32-28(27-10-5-17-37-27)26-15-16-31-29(33-26)23-11-13-25(14-12-23)36-20-21-6-2-1-3-7-21/h1-18,28,32H,19-20H2,(H,34,35). The van der Waals surface area contributed by atoms with Crippen LogP contribution in [-0.2, 0) is 13.2 Å². The average molecular weight is 508 g/mol. The molecule has 0 aliphatic carbocycles. The van der Waals surface area contributed by atoms with E-state index in [-0.39, 0.29) is 11.6 Å². The maximum absolute atomic E-state index is 11.4. The highest BCUT2D eigenvalue weighted by Gasteiger charge is 2.18. The summed E-state index contributed by atoms with van der Waals surface area (Å²) >= 11 is 1.64. The van der Waals surface area contributed by atoms with E-state index in [4.69, 9.17) is 9.72 Å². The molecule has 6 nitrogen and oxygen atoms in total. The Morgan fingerprint density at radius 3 is 2.49 bits per heavy atom. The Bertz CT molecular complexity index is 1460. The first-order valence-corrected chi connectivity index (χ1v) is 12.7. The normalized spacial score (nSPS) is 11.7. The third-order valence-corrected chi connectivity index (χ3v) is 6.78. The molecule has 1 atom stereocenters. The number of rotatable bonds is 10. The number of benzene rings is 3. The summed E-state index contributed by atoms with van der Waals surface area (Å²) in [5.41, 5.74) is 4.01. The van der Waals surface area contributed by atoms with Crippen molar-refractivity contribution in [2.45, 2.75) is 19.2 Å². The number of nitrogens with zero attached hydrogens (tertiary/aromatic N) is 2. The van der Waals surface area contributed by atoms with Gasteiger partial charge >= 0.3 is 5.97 Å². The number of carbonyl (C=O) groups is 1. The first kappa shape index (κ1) is 24.4. The highest BCUT2D eigenvalue weighted by Crippen LogP contribution is 2.27. The summed E-state index contributed by atoms with van der Waals surface area (Å²) in [7, 11) is 0. The van der Waals surface area contributed by atoms with Crippen molar-refractivity contribution in [3.05, 3.63) is 136 Å². The van der Waals surface area contributed by atoms with Gasteiger partial charge in [0.2, 0.25) is 0 Å². The number of aromatic carboxylic acids is 1. The van der Waals surface area contributed by atoms with E-state index >= 15 is 0 Å². The summed E-state index contributed by atoms with van der Waals surface area (Å²) < 4.78 is 5.90. The fourth-order valence-electron chi connectivity index (χ4n) is 3.95. The van der Waals surface area contributed by atoms with Crippen LogP contribution in [0, 0.1) is 0 Å². The monoisotopic (exact) mass is 507 g/mol. The maximum atomic E-state index is 11.4. The molecule has 0 aliphatic heterocycles. The highest BCUT2D eigenvalue weighted by molar-refractivity contribution is 7.10. The second-order valence-electron chi connectivity index (χ2n) is 8.44. The van der Waals surface area contributed by atoms with Gasteiger partial charge in [-0.2, -0.15) is 0 Å². The zero-order valence-electron chi connectivity index (χ0n) is 20.0. The van der Waals surface area contributed by atoms with Crippen molar-refractivity contribution in [1.82, 2.24) is 15.3 Å². The quantitative estimate of drug-likeness (QED) is 0.229. The molecule has 3 aromatic carbocycles. The number of hydrogen-bond acceptors (Lipinski definition) is 6. The molecule has 0 spiro atoms. The number of aromatic nitrogens is 2. The minimum absolute atomic E-state index is 0.163. The molecule has 0 aliphatic rings. The van der Waals surface area contributed by atoms with E-state index in [0.717, 1.165) is 33.0 Å². The van der Waals surface area contributed by atoms with Crippen LogP contribution in [0.3, 0.4) is 0 Å². The van der Waals surface area contributed by atoms with Crippen LogP contribution in [-0.4, -0.2) is 21.0 Å². The molecule has 0 saturated heterocycles. The third kappa shape index (κ3) is 6.27. The van der Waals surface area contributed by atoms with Gasteiger partial charge in [-0.1, -0.05) is 48.5 Å². The molecule has 5 aromatic rings. The molecule has 2 aromatic heterocycles. The predicted molar refractivity (Wildman–Crippen MR) is 145 cm³/mol. The van der Waals surface area contributed by atoms with E-state index in [2.05, 4.69) is 16.4 Å². The van der Waals surface area contributed by atoms with Gasteiger partial charge in [0.15, 0.2) is 5.82 Å². The van der Waals surface area contributed by atoms with Crippen LogP contribution >= 0.6 is 11.3 Å². The van der Waals surface area contributed by atoms with Crippen molar-refractivity contribution >= 4 is 17.3 Å². The summed E-state index contributed by atoms with van der Waals surface area (Å²) in [6.45, 7) is 1.01. The molecule has 2 N–H and O–H groups in total. The van der Waals surface area contributed by atoms with Crippen molar-refractivity contribution in [1.29, 1.82) is 0 Å². The molecule has 0 fully saturated rings. The van der Waals surface area contributed by atoms with Crippen LogP contribution in [0.2, 0.25) is 0 Å². The van der Waals surface area contributed by atoms with Gasteiger partial charge in [-0.25, -0.2) is 14.8 Å². The summed E-state index contributed by atoms with van der Waals surface area (Å²) in [5, 5.41) is 14.9. The van der Waals surface area contributed by atoms with Crippen LogP contribution < -0.4 is 10.1 Å². The van der Waals surface area contributed by atoms with Gasteiger partial charge in [0, 0.05) is 23.2 Å². The number of thiophene rings is 1. The van der Waals surface area contributed by atoms with Crippen molar-refractivity contribution in [3.8, 4) is 17.1 Å². The predicted octanol–water partition coefficient (Wildman–Crippen LogP) is 6.36. The van der Waals surface area contributed by atoms with Gasteiger partial charge in [0.25, 0.3) is 0 Å². The lowest BCUT2D eigenvalue weighted by atomic mass is 10.1. The Kier molecular flexibility index (Phi) is 7.64. The molecule has 5 rings (SSSR count). The van der Waals surface area contributed by atoms with Crippen molar-refractivity contribution in [2.75, 3.05) is 0 Å². The van der Waals surface area contributed by atoms with Crippen LogP contribution in [0.15, 0.2) is 109 Å². The first-order chi connectivity index (χ1) is 18.2. The SMILES string of the molecule is O=C(O)c1cccc(CNC(c2ccnc(-c3ccc(OCc4ccccc4)cc3)n2)c2cccs2)c1. The number of hydrogen-bond donors (Lipinski definition) is 2. The summed E-state index contributed by atoms with van der Waals surface area (Å²) in [6.07, 6.45) is 1.77. The molecular formula is C30H25N3O3S. The molecular weight excluding hydrogens is 482 g/mol. The Morgan fingerprint density at radius 2 is 1.73 bits per heavy atom. The second kappa shape index (κ2) is 11.6. The molecule has 0 radical (unpaired) electrons. The van der Waals surface area contributed by atoms with Crippen LogP contribution in [0.1, 0.15) is 38.1 Å². The number of carboxylic acid groups (broad SMARTS) is 1. The van der Waals surface area contributed by atoms with Gasteiger partial charge < -0.3 is 15.2 Å². The van der Waals surface area contributed by atoms with Gasteiger partial charge in [0.05, 0.1) is 17.3 Å². The topological polar surface area (TPSA) is 84.3 Å². The van der Waals surface area contributed by atoms with Crippen LogP contribution in [0.5, 0.6) is 5.75 Å². The van der Waals surface area contributed by atoms with Gasteiger partial charge in [-0.05, 0) is 65.0 Å². The fraction of sp³-hybridized carbons (Fsp3) is 0.100.